The summed E-state index contributed by atoms with van der Waals surface area (Å²) in [6.07, 6.45) is 11.7. The van der Waals surface area contributed by atoms with E-state index in [2.05, 4.69) is 17.1 Å². The number of likely N-dealkylation sites (tertiary alicyclic amines) is 1. The molecule has 4 unspecified atom stereocenters. The zero-order chi connectivity index (χ0) is 12.4. The minimum atomic E-state index is 0.834. The van der Waals surface area contributed by atoms with E-state index in [1.54, 1.807) is 0 Å². The normalized spacial score (nSPS) is 40.5. The highest BCUT2D eigenvalue weighted by Gasteiger charge is 2.38. The van der Waals surface area contributed by atoms with Crippen LogP contribution in [-0.4, -0.2) is 36.6 Å². The first-order valence-corrected chi connectivity index (χ1v) is 8.30. The third-order valence-corrected chi connectivity index (χ3v) is 5.71. The predicted molar refractivity (Wildman–Crippen MR) is 76.7 cm³/mol. The highest BCUT2D eigenvalue weighted by atomic mass is 15.2. The molecule has 0 radical (unpaired) electrons. The molecule has 1 heterocycles. The molecular formula is C16H30N2. The zero-order valence-electron chi connectivity index (χ0n) is 12.0. The first-order valence-electron chi connectivity index (χ1n) is 8.30. The van der Waals surface area contributed by atoms with Crippen LogP contribution < -0.4 is 5.32 Å². The summed E-state index contributed by atoms with van der Waals surface area (Å²) in [5.41, 5.74) is 0. The van der Waals surface area contributed by atoms with Crippen LogP contribution in [0.4, 0.5) is 0 Å². The van der Waals surface area contributed by atoms with Crippen molar-refractivity contribution in [1.29, 1.82) is 0 Å². The lowest BCUT2D eigenvalue weighted by atomic mass is 9.95. The van der Waals surface area contributed by atoms with Crippen molar-refractivity contribution in [2.75, 3.05) is 19.6 Å². The maximum Gasteiger partial charge on any atom is 0.00980 e. The topological polar surface area (TPSA) is 15.3 Å². The van der Waals surface area contributed by atoms with Crippen LogP contribution in [0.25, 0.3) is 0 Å². The highest BCUT2D eigenvalue weighted by molar-refractivity contribution is 4.94. The average molecular weight is 250 g/mol. The van der Waals surface area contributed by atoms with E-state index in [1.807, 2.05) is 0 Å². The molecule has 3 rings (SSSR count). The Kier molecular flexibility index (Phi) is 4.25. The minimum absolute atomic E-state index is 0.834. The van der Waals surface area contributed by atoms with Crippen molar-refractivity contribution in [1.82, 2.24) is 10.2 Å². The second kappa shape index (κ2) is 5.92. The molecule has 0 aromatic heterocycles. The maximum absolute atomic E-state index is 3.84. The minimum Gasteiger partial charge on any atom is -0.314 e. The molecule has 2 bridgehead atoms. The Hall–Kier alpha value is -0.0800. The van der Waals surface area contributed by atoms with Crippen LogP contribution >= 0.6 is 0 Å². The number of hydrogen-bond acceptors (Lipinski definition) is 2. The van der Waals surface area contributed by atoms with Crippen LogP contribution in [0, 0.1) is 11.8 Å². The summed E-state index contributed by atoms with van der Waals surface area (Å²) >= 11 is 0. The summed E-state index contributed by atoms with van der Waals surface area (Å²) in [6.45, 7) is 6.31. The van der Waals surface area contributed by atoms with Gasteiger partial charge in [-0.3, -0.25) is 0 Å². The molecule has 2 saturated carbocycles. The van der Waals surface area contributed by atoms with Crippen molar-refractivity contribution in [3.05, 3.63) is 0 Å². The summed E-state index contributed by atoms with van der Waals surface area (Å²) in [4.78, 5) is 2.70. The van der Waals surface area contributed by atoms with Crippen LogP contribution in [0.2, 0.25) is 0 Å². The summed E-state index contributed by atoms with van der Waals surface area (Å²) in [6, 6.07) is 1.71. The third kappa shape index (κ3) is 2.91. The molecule has 0 aromatic carbocycles. The standard InChI is InChI=1S/C16H30N2/c1-13-5-2-3-9-18(13)10-4-8-17-16-12-14-6-7-15(16)11-14/h13-17H,2-12H2,1H3. The Bertz CT molecular complexity index is 262. The van der Waals surface area contributed by atoms with E-state index in [9.17, 15) is 0 Å². The van der Waals surface area contributed by atoms with Crippen molar-refractivity contribution in [2.45, 2.75) is 70.4 Å². The van der Waals surface area contributed by atoms with Crippen LogP contribution in [0.15, 0.2) is 0 Å². The molecule has 3 aliphatic rings. The van der Waals surface area contributed by atoms with E-state index in [-0.39, 0.29) is 0 Å². The van der Waals surface area contributed by atoms with Gasteiger partial charge in [0.05, 0.1) is 0 Å². The number of rotatable bonds is 5. The number of fused-ring (bicyclic) bond motifs is 2. The first kappa shape index (κ1) is 12.9. The highest BCUT2D eigenvalue weighted by Crippen LogP contribution is 2.44. The molecule has 1 saturated heterocycles. The maximum atomic E-state index is 3.84. The van der Waals surface area contributed by atoms with Gasteiger partial charge in [0.2, 0.25) is 0 Å². The van der Waals surface area contributed by atoms with E-state index in [4.69, 9.17) is 0 Å². The molecule has 2 aliphatic carbocycles. The van der Waals surface area contributed by atoms with Crippen LogP contribution in [0.5, 0.6) is 0 Å². The molecule has 2 nitrogen and oxygen atoms in total. The summed E-state index contributed by atoms with van der Waals surface area (Å²) < 4.78 is 0. The second-order valence-corrected chi connectivity index (χ2v) is 6.97. The Balaban J connectivity index is 1.30. The van der Waals surface area contributed by atoms with E-state index in [0.29, 0.717) is 0 Å². The Morgan fingerprint density at radius 2 is 2.06 bits per heavy atom. The van der Waals surface area contributed by atoms with Crippen molar-refractivity contribution in [3.8, 4) is 0 Å². The Morgan fingerprint density at radius 3 is 2.78 bits per heavy atom. The molecular weight excluding hydrogens is 220 g/mol. The SMILES string of the molecule is CC1CCCCN1CCCNC1CC2CCC1C2. The molecule has 0 spiro atoms. The van der Waals surface area contributed by atoms with Gasteiger partial charge >= 0.3 is 0 Å². The fourth-order valence-electron chi connectivity index (χ4n) is 4.55. The molecule has 0 amide bonds. The average Bonchev–Trinajstić information content (AvgIpc) is 2.99. The van der Waals surface area contributed by atoms with Crippen LogP contribution in [0.3, 0.4) is 0 Å². The fourth-order valence-corrected chi connectivity index (χ4v) is 4.55. The lowest BCUT2D eigenvalue weighted by Gasteiger charge is -2.33. The Morgan fingerprint density at radius 1 is 1.11 bits per heavy atom. The van der Waals surface area contributed by atoms with Gasteiger partial charge in [-0.05, 0) is 76.9 Å². The third-order valence-electron chi connectivity index (χ3n) is 5.71. The molecule has 1 N–H and O–H groups in total. The van der Waals surface area contributed by atoms with Crippen molar-refractivity contribution < 1.29 is 0 Å². The van der Waals surface area contributed by atoms with Gasteiger partial charge in [0.1, 0.15) is 0 Å². The quantitative estimate of drug-likeness (QED) is 0.755. The summed E-state index contributed by atoms with van der Waals surface area (Å²) in [5, 5.41) is 3.84. The van der Waals surface area contributed by atoms with E-state index in [1.165, 1.54) is 71.0 Å². The van der Waals surface area contributed by atoms with Crippen molar-refractivity contribution in [2.24, 2.45) is 11.8 Å². The van der Waals surface area contributed by atoms with Gasteiger partial charge < -0.3 is 10.2 Å². The molecule has 104 valence electrons. The number of hydrogen-bond donors (Lipinski definition) is 1. The lowest BCUT2D eigenvalue weighted by molar-refractivity contribution is 0.158. The van der Waals surface area contributed by atoms with E-state index in [0.717, 1.165) is 23.9 Å². The van der Waals surface area contributed by atoms with Gasteiger partial charge in [-0.15, -0.1) is 0 Å². The number of piperidine rings is 1. The number of nitrogens with zero attached hydrogens (tertiary/aromatic N) is 1. The van der Waals surface area contributed by atoms with Crippen molar-refractivity contribution in [3.63, 3.8) is 0 Å². The van der Waals surface area contributed by atoms with Crippen LogP contribution in [-0.2, 0) is 0 Å². The summed E-state index contributed by atoms with van der Waals surface area (Å²) in [7, 11) is 0. The molecule has 2 heteroatoms. The van der Waals surface area contributed by atoms with Gasteiger partial charge in [0.15, 0.2) is 0 Å². The molecule has 18 heavy (non-hydrogen) atoms. The smallest absolute Gasteiger partial charge is 0.00980 e. The fraction of sp³-hybridized carbons (Fsp3) is 1.00. The van der Waals surface area contributed by atoms with Crippen LogP contribution in [0.1, 0.15) is 58.3 Å². The van der Waals surface area contributed by atoms with Gasteiger partial charge in [-0.2, -0.15) is 0 Å². The van der Waals surface area contributed by atoms with Gasteiger partial charge in [0.25, 0.3) is 0 Å². The molecule has 4 atom stereocenters. The summed E-state index contributed by atoms with van der Waals surface area (Å²) in [5.74, 6) is 2.11. The van der Waals surface area contributed by atoms with E-state index >= 15 is 0 Å². The molecule has 1 aliphatic heterocycles. The monoisotopic (exact) mass is 250 g/mol. The molecule has 0 aromatic rings. The second-order valence-electron chi connectivity index (χ2n) is 6.97. The first-order chi connectivity index (χ1) is 8.83. The van der Waals surface area contributed by atoms with Gasteiger partial charge in [-0.1, -0.05) is 12.8 Å². The largest absolute Gasteiger partial charge is 0.314 e. The number of nitrogens with one attached hydrogen (secondary N) is 1. The predicted octanol–water partition coefficient (Wildman–Crippen LogP) is 3.03. The van der Waals surface area contributed by atoms with E-state index < -0.39 is 0 Å². The lowest BCUT2D eigenvalue weighted by Crippen LogP contribution is -2.40. The van der Waals surface area contributed by atoms with Gasteiger partial charge in [-0.25, -0.2) is 0 Å². The zero-order valence-corrected chi connectivity index (χ0v) is 12.0. The molecule has 3 fully saturated rings. The van der Waals surface area contributed by atoms with Gasteiger partial charge in [0, 0.05) is 12.1 Å². The van der Waals surface area contributed by atoms with Crippen molar-refractivity contribution >= 4 is 0 Å². The Labute approximate surface area is 113 Å².